The van der Waals surface area contributed by atoms with Crippen LogP contribution in [0.4, 0.5) is 0 Å². The number of rotatable bonds is 6. The van der Waals surface area contributed by atoms with E-state index in [0.717, 1.165) is 42.1 Å². The molecule has 1 aromatic carbocycles. The van der Waals surface area contributed by atoms with Crippen LogP contribution in [0.1, 0.15) is 27.7 Å². The van der Waals surface area contributed by atoms with Gasteiger partial charge in [0.05, 0.1) is 17.2 Å². The number of halogens is 1. The van der Waals surface area contributed by atoms with Gasteiger partial charge in [-0.25, -0.2) is 9.97 Å². The van der Waals surface area contributed by atoms with E-state index in [1.165, 1.54) is 11.1 Å². The minimum absolute atomic E-state index is 0. The first-order valence-electron chi connectivity index (χ1n) is 8.93. The van der Waals surface area contributed by atoms with Crippen LogP contribution in [0.15, 0.2) is 47.0 Å². The van der Waals surface area contributed by atoms with Gasteiger partial charge in [-0.1, -0.05) is 24.3 Å². The highest BCUT2D eigenvalue weighted by Crippen LogP contribution is 2.11. The first kappa shape index (κ1) is 22.4. The number of aliphatic imine (C=N–C) groups is 1. The number of imidazole rings is 1. The maximum absolute atomic E-state index is 4.53. The predicted molar refractivity (Wildman–Crippen MR) is 126 cm³/mol. The Balaban J connectivity index is 0.00000280. The van der Waals surface area contributed by atoms with Gasteiger partial charge < -0.3 is 14.8 Å². The van der Waals surface area contributed by atoms with Gasteiger partial charge in [0.15, 0.2) is 5.96 Å². The molecule has 0 fully saturated rings. The van der Waals surface area contributed by atoms with Crippen LogP contribution in [0.25, 0.3) is 0 Å². The Hall–Kier alpha value is -1.94. The average molecular weight is 510 g/mol. The van der Waals surface area contributed by atoms with Crippen molar-refractivity contribution in [2.45, 2.75) is 33.5 Å². The first-order valence-corrected chi connectivity index (χ1v) is 9.81. The lowest BCUT2D eigenvalue weighted by Crippen LogP contribution is -2.38. The van der Waals surface area contributed by atoms with Crippen molar-refractivity contribution in [1.82, 2.24) is 24.8 Å². The summed E-state index contributed by atoms with van der Waals surface area (Å²) in [6, 6.07) is 8.61. The Kier molecular flexibility index (Phi) is 8.43. The van der Waals surface area contributed by atoms with Crippen LogP contribution in [0, 0.1) is 13.8 Å². The van der Waals surface area contributed by atoms with Gasteiger partial charge in [-0.3, -0.25) is 4.99 Å². The Morgan fingerprint density at radius 1 is 1.29 bits per heavy atom. The van der Waals surface area contributed by atoms with E-state index in [1.807, 2.05) is 40.3 Å². The lowest BCUT2D eigenvalue weighted by Gasteiger charge is -2.21. The average Bonchev–Trinajstić information content (AvgIpc) is 3.24. The quantitative estimate of drug-likeness (QED) is 0.311. The molecule has 2 aromatic heterocycles. The highest BCUT2D eigenvalue weighted by molar-refractivity contribution is 14.0. The van der Waals surface area contributed by atoms with Crippen LogP contribution < -0.4 is 5.32 Å². The summed E-state index contributed by atoms with van der Waals surface area (Å²) in [6.07, 6.45) is 3.85. The molecule has 0 bridgehead atoms. The van der Waals surface area contributed by atoms with Crippen molar-refractivity contribution in [3.05, 3.63) is 69.7 Å². The standard InChI is InChI=1S/C20H26N6S.HI/c1-15-22-8-9-26(15)12-18-7-5-6-17(10-18)11-23-20(21-3)25(4)13-19-14-27-16(2)24-19;/h5-10,14H,11-13H2,1-4H3,(H,21,23);1H. The van der Waals surface area contributed by atoms with Crippen molar-refractivity contribution < 1.29 is 0 Å². The zero-order valence-corrected chi connectivity index (χ0v) is 19.9. The minimum Gasteiger partial charge on any atom is -0.352 e. The zero-order chi connectivity index (χ0) is 19.2. The maximum atomic E-state index is 4.53. The fourth-order valence-electron chi connectivity index (χ4n) is 2.97. The molecule has 8 heteroatoms. The summed E-state index contributed by atoms with van der Waals surface area (Å²) in [5.41, 5.74) is 3.56. The highest BCUT2D eigenvalue weighted by Gasteiger charge is 2.09. The van der Waals surface area contributed by atoms with E-state index in [-0.39, 0.29) is 24.0 Å². The number of nitrogens with one attached hydrogen (secondary N) is 1. The van der Waals surface area contributed by atoms with Crippen molar-refractivity contribution in [1.29, 1.82) is 0 Å². The molecule has 0 unspecified atom stereocenters. The Bertz CT molecular complexity index is 917. The van der Waals surface area contributed by atoms with E-state index in [9.17, 15) is 0 Å². The van der Waals surface area contributed by atoms with E-state index < -0.39 is 0 Å². The van der Waals surface area contributed by atoms with Gasteiger partial charge in [0, 0.05) is 45.0 Å². The van der Waals surface area contributed by atoms with Crippen molar-refractivity contribution in [3.8, 4) is 0 Å². The van der Waals surface area contributed by atoms with Crippen LogP contribution >= 0.6 is 35.3 Å². The van der Waals surface area contributed by atoms with Gasteiger partial charge >= 0.3 is 0 Å². The second-order valence-corrected chi connectivity index (χ2v) is 7.60. The lowest BCUT2D eigenvalue weighted by molar-refractivity contribution is 0.470. The summed E-state index contributed by atoms with van der Waals surface area (Å²) in [6.45, 7) is 6.35. The molecule has 150 valence electrons. The third-order valence-electron chi connectivity index (χ3n) is 4.36. The molecule has 0 saturated carbocycles. The number of nitrogens with zero attached hydrogens (tertiary/aromatic N) is 5. The van der Waals surface area contributed by atoms with Crippen molar-refractivity contribution >= 4 is 41.3 Å². The monoisotopic (exact) mass is 510 g/mol. The Labute approximate surface area is 187 Å². The van der Waals surface area contributed by atoms with Crippen molar-refractivity contribution in [2.24, 2.45) is 4.99 Å². The summed E-state index contributed by atoms with van der Waals surface area (Å²) in [7, 11) is 3.84. The number of benzene rings is 1. The largest absolute Gasteiger partial charge is 0.352 e. The molecule has 1 N–H and O–H groups in total. The molecule has 0 spiro atoms. The molecule has 0 aliphatic heterocycles. The number of aromatic nitrogens is 3. The molecule has 0 aliphatic rings. The smallest absolute Gasteiger partial charge is 0.194 e. The number of hydrogen-bond donors (Lipinski definition) is 1. The summed E-state index contributed by atoms with van der Waals surface area (Å²) >= 11 is 1.68. The molecule has 6 nitrogen and oxygen atoms in total. The number of thiazole rings is 1. The molecule has 0 aliphatic carbocycles. The SMILES string of the molecule is CN=C(NCc1cccc(Cn2ccnc2C)c1)N(C)Cc1csc(C)n1.I. The van der Waals surface area contributed by atoms with Crippen LogP contribution in [-0.4, -0.2) is 39.5 Å². The molecule has 0 atom stereocenters. The number of hydrogen-bond acceptors (Lipinski definition) is 4. The molecule has 0 saturated heterocycles. The van der Waals surface area contributed by atoms with Crippen molar-refractivity contribution in [2.75, 3.05) is 14.1 Å². The van der Waals surface area contributed by atoms with Crippen LogP contribution in [0.3, 0.4) is 0 Å². The third kappa shape index (κ3) is 6.03. The third-order valence-corrected chi connectivity index (χ3v) is 5.18. The Morgan fingerprint density at radius 3 is 2.71 bits per heavy atom. The van der Waals surface area contributed by atoms with Crippen LogP contribution in [-0.2, 0) is 19.6 Å². The fraction of sp³-hybridized carbons (Fsp3) is 0.350. The molecule has 2 heterocycles. The van der Waals surface area contributed by atoms with E-state index >= 15 is 0 Å². The number of guanidine groups is 1. The van der Waals surface area contributed by atoms with Gasteiger partial charge in [-0.05, 0) is 25.0 Å². The second-order valence-electron chi connectivity index (χ2n) is 6.54. The zero-order valence-electron chi connectivity index (χ0n) is 16.7. The molecule has 3 aromatic rings. The second kappa shape index (κ2) is 10.6. The molecule has 28 heavy (non-hydrogen) atoms. The Morgan fingerprint density at radius 2 is 2.07 bits per heavy atom. The van der Waals surface area contributed by atoms with Gasteiger partial charge in [0.2, 0.25) is 0 Å². The van der Waals surface area contributed by atoms with E-state index in [4.69, 9.17) is 0 Å². The van der Waals surface area contributed by atoms with Crippen molar-refractivity contribution in [3.63, 3.8) is 0 Å². The molecule has 0 radical (unpaired) electrons. The molecule has 3 rings (SSSR count). The van der Waals surface area contributed by atoms with Gasteiger partial charge in [0.1, 0.15) is 5.82 Å². The summed E-state index contributed by atoms with van der Waals surface area (Å²) in [5.74, 6) is 1.88. The van der Waals surface area contributed by atoms with Crippen LogP contribution in [0.5, 0.6) is 0 Å². The predicted octanol–water partition coefficient (Wildman–Crippen LogP) is 3.83. The molecular formula is C20H27IN6S. The summed E-state index contributed by atoms with van der Waals surface area (Å²) in [4.78, 5) is 15.3. The topological polar surface area (TPSA) is 58.3 Å². The normalized spacial score (nSPS) is 11.2. The van der Waals surface area contributed by atoms with E-state index in [0.29, 0.717) is 0 Å². The van der Waals surface area contributed by atoms with Gasteiger partial charge in [-0.2, -0.15) is 0 Å². The lowest BCUT2D eigenvalue weighted by atomic mass is 10.1. The van der Waals surface area contributed by atoms with Gasteiger partial charge in [-0.15, -0.1) is 35.3 Å². The first-order chi connectivity index (χ1) is 13.0. The summed E-state index contributed by atoms with van der Waals surface area (Å²) < 4.78 is 2.15. The molecular weight excluding hydrogens is 483 g/mol. The maximum Gasteiger partial charge on any atom is 0.194 e. The molecule has 0 amide bonds. The number of aryl methyl sites for hydroxylation is 2. The highest BCUT2D eigenvalue weighted by atomic mass is 127. The van der Waals surface area contributed by atoms with Gasteiger partial charge in [0.25, 0.3) is 0 Å². The fourth-order valence-corrected chi connectivity index (χ4v) is 3.57. The van der Waals surface area contributed by atoms with E-state index in [2.05, 4.69) is 59.4 Å². The minimum atomic E-state index is 0. The van der Waals surface area contributed by atoms with E-state index in [1.54, 1.807) is 11.3 Å². The van der Waals surface area contributed by atoms with Crippen LogP contribution in [0.2, 0.25) is 0 Å². The summed E-state index contributed by atoms with van der Waals surface area (Å²) in [5, 5.41) is 6.63.